The highest BCUT2D eigenvalue weighted by Gasteiger charge is 2.35. The molecule has 1 aromatic heterocycles. The highest BCUT2D eigenvalue weighted by molar-refractivity contribution is 7.07. The van der Waals surface area contributed by atoms with Crippen molar-refractivity contribution in [1.29, 1.82) is 0 Å². The summed E-state index contributed by atoms with van der Waals surface area (Å²) in [5, 5.41) is 0. The van der Waals surface area contributed by atoms with Crippen molar-refractivity contribution in [3.8, 4) is 11.5 Å². The van der Waals surface area contributed by atoms with E-state index >= 15 is 0 Å². The Morgan fingerprint density at radius 2 is 1.79 bits per heavy atom. The zero-order chi connectivity index (χ0) is 27.5. The molecule has 0 saturated heterocycles. The lowest BCUT2D eigenvalue weighted by atomic mass is 9.93. The molecular weight excluding hydrogens is 519 g/mol. The number of carbonyl (C=O) groups excluding carboxylic acids is 1. The number of hydrogen-bond donors (Lipinski definition) is 0. The van der Waals surface area contributed by atoms with E-state index in [0.717, 1.165) is 0 Å². The molecule has 0 amide bonds. The van der Waals surface area contributed by atoms with E-state index in [-0.39, 0.29) is 17.7 Å². The standard InChI is InChI=1S/C30H25FN2O5S/c1-4-38-29(35)25-26(18-8-6-5-7-9-18)32-30-33(27(25)19-10-13-21(31)14-11-19)28(34)24(39-30)16-20-12-15-22(36-2)17-23(20)37-3/h5-17,27H,4H2,1-3H3/b24-16-/t27-/m0/s1. The van der Waals surface area contributed by atoms with Crippen LogP contribution in [0.4, 0.5) is 4.39 Å². The normalized spacial score (nSPS) is 15.0. The molecule has 0 saturated carbocycles. The number of methoxy groups -OCH3 is 2. The Hall–Kier alpha value is -4.50. The van der Waals surface area contributed by atoms with Crippen LogP contribution in [-0.4, -0.2) is 31.4 Å². The first kappa shape index (κ1) is 26.1. The van der Waals surface area contributed by atoms with E-state index in [9.17, 15) is 14.0 Å². The molecule has 2 heterocycles. The summed E-state index contributed by atoms with van der Waals surface area (Å²) >= 11 is 1.19. The van der Waals surface area contributed by atoms with Crippen LogP contribution in [0.2, 0.25) is 0 Å². The van der Waals surface area contributed by atoms with Gasteiger partial charge in [0.05, 0.1) is 42.7 Å². The molecule has 3 aromatic carbocycles. The molecule has 1 aliphatic heterocycles. The van der Waals surface area contributed by atoms with Crippen LogP contribution in [0, 0.1) is 5.82 Å². The zero-order valence-electron chi connectivity index (χ0n) is 21.5. The van der Waals surface area contributed by atoms with Crippen LogP contribution >= 0.6 is 11.3 Å². The van der Waals surface area contributed by atoms with E-state index < -0.39 is 17.8 Å². The van der Waals surface area contributed by atoms with Gasteiger partial charge < -0.3 is 14.2 Å². The second-order valence-electron chi connectivity index (χ2n) is 8.59. The van der Waals surface area contributed by atoms with Gasteiger partial charge >= 0.3 is 5.97 Å². The van der Waals surface area contributed by atoms with Crippen LogP contribution in [0.5, 0.6) is 11.5 Å². The van der Waals surface area contributed by atoms with Crippen LogP contribution < -0.4 is 24.4 Å². The van der Waals surface area contributed by atoms with Gasteiger partial charge in [-0.3, -0.25) is 9.36 Å². The number of rotatable bonds is 7. The minimum atomic E-state index is -0.879. The SMILES string of the molecule is CCOC(=O)C1=C(c2ccccc2)N=c2s/c(=C\c3ccc(OC)cc3OC)c(=O)n2[C@H]1c1ccc(F)cc1. The van der Waals surface area contributed by atoms with Gasteiger partial charge in [0.2, 0.25) is 0 Å². The number of aromatic nitrogens is 1. The molecule has 5 rings (SSSR count). The van der Waals surface area contributed by atoms with Crippen molar-refractivity contribution in [2.45, 2.75) is 13.0 Å². The molecule has 0 aliphatic carbocycles. The molecule has 1 aliphatic rings. The Morgan fingerprint density at radius 1 is 1.05 bits per heavy atom. The molecule has 4 aromatic rings. The number of carbonyl (C=O) groups is 1. The molecule has 0 fully saturated rings. The molecule has 9 heteroatoms. The molecule has 0 bridgehead atoms. The molecule has 198 valence electrons. The van der Waals surface area contributed by atoms with E-state index in [1.807, 2.05) is 30.3 Å². The molecule has 39 heavy (non-hydrogen) atoms. The van der Waals surface area contributed by atoms with E-state index in [0.29, 0.717) is 43.2 Å². The summed E-state index contributed by atoms with van der Waals surface area (Å²) in [5.74, 6) is 0.129. The topological polar surface area (TPSA) is 79.1 Å². The molecule has 1 atom stereocenters. The fraction of sp³-hybridized carbons (Fsp3) is 0.167. The van der Waals surface area contributed by atoms with Crippen LogP contribution in [0.3, 0.4) is 0 Å². The third-order valence-corrected chi connectivity index (χ3v) is 7.27. The maximum atomic E-state index is 13.9. The van der Waals surface area contributed by atoms with Crippen molar-refractivity contribution >= 4 is 29.1 Å². The number of thiazole rings is 1. The first-order chi connectivity index (χ1) is 18.9. The highest BCUT2D eigenvalue weighted by Crippen LogP contribution is 2.35. The molecule has 0 radical (unpaired) electrons. The van der Waals surface area contributed by atoms with Crippen molar-refractivity contribution in [2.24, 2.45) is 4.99 Å². The summed E-state index contributed by atoms with van der Waals surface area (Å²) < 4.78 is 32.0. The third kappa shape index (κ3) is 5.00. The van der Waals surface area contributed by atoms with Gasteiger partial charge in [-0.05, 0) is 42.8 Å². The van der Waals surface area contributed by atoms with Gasteiger partial charge in [0, 0.05) is 17.2 Å². The molecule has 7 nitrogen and oxygen atoms in total. The van der Waals surface area contributed by atoms with E-state index in [1.54, 1.807) is 57.6 Å². The Labute approximate surface area is 227 Å². The van der Waals surface area contributed by atoms with Gasteiger partial charge in [-0.25, -0.2) is 14.2 Å². The average molecular weight is 545 g/mol. The lowest BCUT2D eigenvalue weighted by Gasteiger charge is -2.25. The van der Waals surface area contributed by atoms with Gasteiger partial charge in [0.1, 0.15) is 17.3 Å². The zero-order valence-corrected chi connectivity index (χ0v) is 22.3. The van der Waals surface area contributed by atoms with Crippen LogP contribution in [0.15, 0.2) is 88.2 Å². The molecule has 0 spiro atoms. The van der Waals surface area contributed by atoms with Gasteiger partial charge in [0.15, 0.2) is 4.80 Å². The van der Waals surface area contributed by atoms with Crippen molar-refractivity contribution in [3.63, 3.8) is 0 Å². The number of ether oxygens (including phenoxy) is 3. The Kier molecular flexibility index (Phi) is 7.42. The van der Waals surface area contributed by atoms with Gasteiger partial charge in [-0.2, -0.15) is 0 Å². The first-order valence-electron chi connectivity index (χ1n) is 12.2. The largest absolute Gasteiger partial charge is 0.497 e. The van der Waals surface area contributed by atoms with Gasteiger partial charge in [-0.1, -0.05) is 53.8 Å². The lowest BCUT2D eigenvalue weighted by Crippen LogP contribution is -2.40. The maximum Gasteiger partial charge on any atom is 0.338 e. The summed E-state index contributed by atoms with van der Waals surface area (Å²) in [5.41, 5.74) is 2.18. The first-order valence-corrected chi connectivity index (χ1v) is 13.0. The monoisotopic (exact) mass is 544 g/mol. The summed E-state index contributed by atoms with van der Waals surface area (Å²) in [6, 6.07) is 19.4. The number of nitrogens with zero attached hydrogens (tertiary/aromatic N) is 2. The quantitative estimate of drug-likeness (QED) is 0.328. The third-order valence-electron chi connectivity index (χ3n) is 6.29. The second-order valence-corrected chi connectivity index (χ2v) is 9.60. The molecule has 0 unspecified atom stereocenters. The van der Waals surface area contributed by atoms with Crippen molar-refractivity contribution < 1.29 is 23.4 Å². The summed E-state index contributed by atoms with van der Waals surface area (Å²) in [4.78, 5) is 32.6. The minimum Gasteiger partial charge on any atom is -0.497 e. The number of fused-ring (bicyclic) bond motifs is 1. The summed E-state index contributed by atoms with van der Waals surface area (Å²) in [6.07, 6.45) is 1.72. The summed E-state index contributed by atoms with van der Waals surface area (Å²) in [6.45, 7) is 1.85. The predicted octanol–water partition coefficient (Wildman–Crippen LogP) is 4.09. The number of benzene rings is 3. The average Bonchev–Trinajstić information content (AvgIpc) is 3.27. The van der Waals surface area contributed by atoms with Crippen molar-refractivity contribution in [2.75, 3.05) is 20.8 Å². The predicted molar refractivity (Wildman–Crippen MR) is 147 cm³/mol. The molecule has 0 N–H and O–H groups in total. The number of esters is 1. The smallest absolute Gasteiger partial charge is 0.338 e. The Morgan fingerprint density at radius 3 is 2.46 bits per heavy atom. The van der Waals surface area contributed by atoms with Crippen LogP contribution in [0.25, 0.3) is 11.8 Å². The lowest BCUT2D eigenvalue weighted by molar-refractivity contribution is -0.138. The van der Waals surface area contributed by atoms with Crippen LogP contribution in [-0.2, 0) is 9.53 Å². The second kappa shape index (κ2) is 11.1. The minimum absolute atomic E-state index is 0.141. The fourth-order valence-electron chi connectivity index (χ4n) is 4.48. The summed E-state index contributed by atoms with van der Waals surface area (Å²) in [7, 11) is 3.10. The van der Waals surface area contributed by atoms with Gasteiger partial charge in [0.25, 0.3) is 5.56 Å². The van der Waals surface area contributed by atoms with Crippen LogP contribution in [0.1, 0.15) is 29.7 Å². The van der Waals surface area contributed by atoms with Crippen molar-refractivity contribution in [1.82, 2.24) is 4.57 Å². The molecular formula is C30H25FN2O5S. The number of halogens is 1. The van der Waals surface area contributed by atoms with E-state index in [1.165, 1.54) is 28.0 Å². The number of hydrogen-bond acceptors (Lipinski definition) is 7. The van der Waals surface area contributed by atoms with E-state index in [4.69, 9.17) is 19.2 Å². The Balaban J connectivity index is 1.81. The van der Waals surface area contributed by atoms with E-state index in [2.05, 4.69) is 0 Å². The fourth-order valence-corrected chi connectivity index (χ4v) is 5.47. The van der Waals surface area contributed by atoms with Gasteiger partial charge in [-0.15, -0.1) is 0 Å². The van der Waals surface area contributed by atoms with Crippen molar-refractivity contribution in [3.05, 3.63) is 121 Å². The Bertz CT molecular complexity index is 1740. The highest BCUT2D eigenvalue weighted by atomic mass is 32.1. The maximum absolute atomic E-state index is 13.9.